The molecule has 0 radical (unpaired) electrons. The maximum absolute atomic E-state index is 10.1. The molecular formula is C18H21NO. The molecule has 2 N–H and O–H groups in total. The van der Waals surface area contributed by atoms with Crippen LogP contribution in [0.2, 0.25) is 0 Å². The van der Waals surface area contributed by atoms with Crippen molar-refractivity contribution < 1.29 is 5.11 Å². The zero-order valence-electron chi connectivity index (χ0n) is 12.1. The zero-order chi connectivity index (χ0) is 14.1. The largest absolute Gasteiger partial charge is 0.508 e. The molecule has 2 aromatic rings. The molecule has 2 heteroatoms. The summed E-state index contributed by atoms with van der Waals surface area (Å²) in [7, 11) is 0. The molecular weight excluding hydrogens is 246 g/mol. The molecule has 0 aromatic heterocycles. The number of fused-ring (bicyclic) bond motifs is 1. The van der Waals surface area contributed by atoms with Gasteiger partial charge in [0, 0.05) is 11.3 Å². The van der Waals surface area contributed by atoms with Gasteiger partial charge in [0.2, 0.25) is 0 Å². The first kappa shape index (κ1) is 13.0. The molecule has 1 aliphatic carbocycles. The van der Waals surface area contributed by atoms with Gasteiger partial charge in [0.15, 0.2) is 0 Å². The summed E-state index contributed by atoms with van der Waals surface area (Å²) in [5.41, 5.74) is 6.11. The Morgan fingerprint density at radius 2 is 1.85 bits per heavy atom. The predicted octanol–water partition coefficient (Wildman–Crippen LogP) is 4.36. The molecule has 104 valence electrons. The van der Waals surface area contributed by atoms with Gasteiger partial charge in [-0.05, 0) is 68.0 Å². The molecule has 0 saturated carbocycles. The summed E-state index contributed by atoms with van der Waals surface area (Å²) in [6.07, 6.45) is 3.67. The van der Waals surface area contributed by atoms with Crippen LogP contribution in [-0.2, 0) is 12.8 Å². The number of anilines is 1. The SMILES string of the molecule is Cc1ccc(C(C)Nc2ccc3c(c2)CCC3)c(O)c1. The Labute approximate surface area is 120 Å². The smallest absolute Gasteiger partial charge is 0.121 e. The van der Waals surface area contributed by atoms with Crippen molar-refractivity contribution in [1.82, 2.24) is 0 Å². The maximum atomic E-state index is 10.1. The predicted molar refractivity (Wildman–Crippen MR) is 83.3 cm³/mol. The Balaban J connectivity index is 1.80. The number of hydrogen-bond donors (Lipinski definition) is 2. The third kappa shape index (κ3) is 2.51. The molecule has 2 nitrogen and oxygen atoms in total. The van der Waals surface area contributed by atoms with E-state index in [1.54, 1.807) is 0 Å². The van der Waals surface area contributed by atoms with Crippen LogP contribution in [0.25, 0.3) is 0 Å². The van der Waals surface area contributed by atoms with Gasteiger partial charge in [-0.2, -0.15) is 0 Å². The highest BCUT2D eigenvalue weighted by Gasteiger charge is 2.13. The summed E-state index contributed by atoms with van der Waals surface area (Å²) in [4.78, 5) is 0. The van der Waals surface area contributed by atoms with Crippen molar-refractivity contribution in [3.63, 3.8) is 0 Å². The monoisotopic (exact) mass is 267 g/mol. The Hall–Kier alpha value is -1.96. The van der Waals surface area contributed by atoms with Gasteiger partial charge in [0.05, 0.1) is 6.04 Å². The fourth-order valence-corrected chi connectivity index (χ4v) is 3.01. The molecule has 0 bridgehead atoms. The minimum absolute atomic E-state index is 0.0926. The number of nitrogens with one attached hydrogen (secondary N) is 1. The van der Waals surface area contributed by atoms with Crippen LogP contribution in [-0.4, -0.2) is 5.11 Å². The van der Waals surface area contributed by atoms with Gasteiger partial charge < -0.3 is 10.4 Å². The van der Waals surface area contributed by atoms with E-state index < -0.39 is 0 Å². The standard InChI is InChI=1S/C18H21NO/c1-12-6-9-17(18(20)10-12)13(2)19-16-8-7-14-4-3-5-15(14)11-16/h6-11,13,19-20H,3-5H2,1-2H3. The normalized spacial score (nSPS) is 14.9. The van der Waals surface area contributed by atoms with Gasteiger partial charge in [-0.15, -0.1) is 0 Å². The second-order valence-electron chi connectivity index (χ2n) is 5.77. The Kier molecular flexibility index (Phi) is 3.39. The topological polar surface area (TPSA) is 32.3 Å². The Morgan fingerprint density at radius 3 is 2.65 bits per heavy atom. The van der Waals surface area contributed by atoms with E-state index >= 15 is 0 Å². The second kappa shape index (κ2) is 5.20. The first-order valence-electron chi connectivity index (χ1n) is 7.31. The minimum atomic E-state index is 0.0926. The molecule has 1 aliphatic rings. The molecule has 0 spiro atoms. The Morgan fingerprint density at radius 1 is 1.05 bits per heavy atom. The van der Waals surface area contributed by atoms with Crippen LogP contribution < -0.4 is 5.32 Å². The molecule has 0 fully saturated rings. The number of phenols is 1. The summed E-state index contributed by atoms with van der Waals surface area (Å²) >= 11 is 0. The van der Waals surface area contributed by atoms with Crippen LogP contribution in [0.5, 0.6) is 5.75 Å². The van der Waals surface area contributed by atoms with Gasteiger partial charge in [-0.3, -0.25) is 0 Å². The van der Waals surface area contributed by atoms with Crippen LogP contribution in [0.3, 0.4) is 0 Å². The fourth-order valence-electron chi connectivity index (χ4n) is 3.01. The van der Waals surface area contributed by atoms with Gasteiger partial charge in [0.25, 0.3) is 0 Å². The van der Waals surface area contributed by atoms with E-state index in [-0.39, 0.29) is 6.04 Å². The molecule has 0 aliphatic heterocycles. The summed E-state index contributed by atoms with van der Waals surface area (Å²) in [6.45, 7) is 4.07. The van der Waals surface area contributed by atoms with E-state index in [0.29, 0.717) is 5.75 Å². The highest BCUT2D eigenvalue weighted by Crippen LogP contribution is 2.30. The van der Waals surface area contributed by atoms with Crippen LogP contribution >= 0.6 is 0 Å². The first-order valence-corrected chi connectivity index (χ1v) is 7.31. The molecule has 20 heavy (non-hydrogen) atoms. The maximum Gasteiger partial charge on any atom is 0.121 e. The van der Waals surface area contributed by atoms with E-state index in [1.165, 1.54) is 30.4 Å². The lowest BCUT2D eigenvalue weighted by atomic mass is 10.0. The second-order valence-corrected chi connectivity index (χ2v) is 5.77. The number of hydrogen-bond acceptors (Lipinski definition) is 2. The van der Waals surface area contributed by atoms with E-state index in [2.05, 4.69) is 30.4 Å². The summed E-state index contributed by atoms with van der Waals surface area (Å²) in [6, 6.07) is 12.6. The first-order chi connectivity index (χ1) is 9.63. The Bertz CT molecular complexity index is 633. The molecule has 2 aromatic carbocycles. The van der Waals surface area contributed by atoms with Crippen molar-refractivity contribution in [3.05, 3.63) is 58.7 Å². The molecule has 1 unspecified atom stereocenters. The van der Waals surface area contributed by atoms with E-state index in [9.17, 15) is 5.11 Å². The summed E-state index contributed by atoms with van der Waals surface area (Å²) in [5.74, 6) is 0.367. The number of rotatable bonds is 3. The van der Waals surface area contributed by atoms with Crippen LogP contribution in [0, 0.1) is 6.92 Å². The average Bonchev–Trinajstić information content (AvgIpc) is 2.85. The van der Waals surface area contributed by atoms with E-state index in [0.717, 1.165) is 16.8 Å². The number of aromatic hydroxyl groups is 1. The van der Waals surface area contributed by atoms with Gasteiger partial charge >= 0.3 is 0 Å². The molecule has 0 amide bonds. The molecule has 0 saturated heterocycles. The third-order valence-electron chi connectivity index (χ3n) is 4.13. The molecule has 3 rings (SSSR count). The van der Waals surface area contributed by atoms with Gasteiger partial charge in [-0.25, -0.2) is 0 Å². The molecule has 0 heterocycles. The van der Waals surface area contributed by atoms with Gasteiger partial charge in [-0.1, -0.05) is 18.2 Å². The lowest BCUT2D eigenvalue weighted by molar-refractivity contribution is 0.465. The minimum Gasteiger partial charge on any atom is -0.508 e. The molecule has 1 atom stereocenters. The number of benzene rings is 2. The summed E-state index contributed by atoms with van der Waals surface area (Å²) in [5, 5.41) is 13.5. The van der Waals surface area contributed by atoms with E-state index in [1.807, 2.05) is 25.1 Å². The van der Waals surface area contributed by atoms with Crippen LogP contribution in [0.4, 0.5) is 5.69 Å². The lowest BCUT2D eigenvalue weighted by Crippen LogP contribution is -2.07. The average molecular weight is 267 g/mol. The highest BCUT2D eigenvalue weighted by molar-refractivity contribution is 5.52. The van der Waals surface area contributed by atoms with Crippen LogP contribution in [0.15, 0.2) is 36.4 Å². The third-order valence-corrected chi connectivity index (χ3v) is 4.13. The van der Waals surface area contributed by atoms with Crippen molar-refractivity contribution in [2.24, 2.45) is 0 Å². The van der Waals surface area contributed by atoms with E-state index in [4.69, 9.17) is 0 Å². The zero-order valence-corrected chi connectivity index (χ0v) is 12.1. The van der Waals surface area contributed by atoms with Crippen molar-refractivity contribution in [2.75, 3.05) is 5.32 Å². The van der Waals surface area contributed by atoms with Gasteiger partial charge in [0.1, 0.15) is 5.75 Å². The summed E-state index contributed by atoms with van der Waals surface area (Å²) < 4.78 is 0. The van der Waals surface area contributed by atoms with Crippen molar-refractivity contribution in [3.8, 4) is 5.75 Å². The van der Waals surface area contributed by atoms with Crippen LogP contribution in [0.1, 0.15) is 41.6 Å². The van der Waals surface area contributed by atoms with Crippen molar-refractivity contribution in [2.45, 2.75) is 39.2 Å². The van der Waals surface area contributed by atoms with Crippen molar-refractivity contribution >= 4 is 5.69 Å². The quantitative estimate of drug-likeness (QED) is 0.866. The number of aryl methyl sites for hydroxylation is 3. The number of phenolic OH excluding ortho intramolecular Hbond substituents is 1. The van der Waals surface area contributed by atoms with Crippen molar-refractivity contribution in [1.29, 1.82) is 0 Å². The highest BCUT2D eigenvalue weighted by atomic mass is 16.3. The fraction of sp³-hybridized carbons (Fsp3) is 0.333. The lowest BCUT2D eigenvalue weighted by Gasteiger charge is -2.18.